The first-order valence-electron chi connectivity index (χ1n) is 7.02. The standard InChI is InChI=1S/C17H16N2O2/c1-2-6-16(20)18-13-9-10-15-14(11-13)19-17(21-15)12-7-4-3-5-8-12/h3-5,7-11H,2,6H2,1H3,(H,18,20). The molecule has 2 aromatic carbocycles. The van der Waals surface area contributed by atoms with Crippen LogP contribution < -0.4 is 5.32 Å². The molecule has 1 heterocycles. The van der Waals surface area contributed by atoms with Crippen molar-refractivity contribution in [2.24, 2.45) is 0 Å². The number of hydrogen-bond donors (Lipinski definition) is 1. The maximum atomic E-state index is 11.6. The predicted octanol–water partition coefficient (Wildman–Crippen LogP) is 4.23. The lowest BCUT2D eigenvalue weighted by atomic mass is 10.2. The van der Waals surface area contributed by atoms with E-state index < -0.39 is 0 Å². The van der Waals surface area contributed by atoms with E-state index in [-0.39, 0.29) is 5.91 Å². The van der Waals surface area contributed by atoms with Crippen LogP contribution in [0, 0.1) is 0 Å². The van der Waals surface area contributed by atoms with Gasteiger partial charge in [-0.2, -0.15) is 0 Å². The van der Waals surface area contributed by atoms with Crippen LogP contribution in [0.1, 0.15) is 19.8 Å². The second-order valence-corrected chi connectivity index (χ2v) is 4.87. The second kappa shape index (κ2) is 5.79. The molecule has 0 aliphatic rings. The molecule has 0 saturated carbocycles. The number of aromatic nitrogens is 1. The molecule has 0 spiro atoms. The summed E-state index contributed by atoms with van der Waals surface area (Å²) in [5, 5.41) is 2.86. The van der Waals surface area contributed by atoms with Gasteiger partial charge in [0.05, 0.1) is 0 Å². The van der Waals surface area contributed by atoms with Gasteiger partial charge in [-0.05, 0) is 36.8 Å². The van der Waals surface area contributed by atoms with E-state index in [1.165, 1.54) is 0 Å². The number of anilines is 1. The van der Waals surface area contributed by atoms with Crippen LogP contribution in [0.25, 0.3) is 22.6 Å². The number of carbonyl (C=O) groups is 1. The Kier molecular flexibility index (Phi) is 3.69. The minimum atomic E-state index is 0.0172. The van der Waals surface area contributed by atoms with Gasteiger partial charge in [-0.15, -0.1) is 0 Å². The Bertz CT molecular complexity index is 763. The van der Waals surface area contributed by atoms with Crippen molar-refractivity contribution in [1.29, 1.82) is 0 Å². The fourth-order valence-electron chi connectivity index (χ4n) is 2.16. The highest BCUT2D eigenvalue weighted by atomic mass is 16.3. The Morgan fingerprint density at radius 2 is 2.00 bits per heavy atom. The molecule has 4 nitrogen and oxygen atoms in total. The molecule has 0 aliphatic heterocycles. The number of nitrogens with one attached hydrogen (secondary N) is 1. The molecule has 0 unspecified atom stereocenters. The average Bonchev–Trinajstić information content (AvgIpc) is 2.91. The molecule has 0 aliphatic carbocycles. The summed E-state index contributed by atoms with van der Waals surface area (Å²) in [7, 11) is 0. The lowest BCUT2D eigenvalue weighted by molar-refractivity contribution is -0.116. The first kappa shape index (κ1) is 13.4. The largest absolute Gasteiger partial charge is 0.436 e. The van der Waals surface area contributed by atoms with Crippen LogP contribution in [0.3, 0.4) is 0 Å². The van der Waals surface area contributed by atoms with Crippen LogP contribution >= 0.6 is 0 Å². The van der Waals surface area contributed by atoms with Crippen LogP contribution in [0.4, 0.5) is 5.69 Å². The van der Waals surface area contributed by atoms with Crippen LogP contribution in [-0.2, 0) is 4.79 Å². The normalized spacial score (nSPS) is 10.7. The van der Waals surface area contributed by atoms with Crippen molar-refractivity contribution in [3.05, 3.63) is 48.5 Å². The van der Waals surface area contributed by atoms with E-state index in [1.54, 1.807) is 0 Å². The monoisotopic (exact) mass is 280 g/mol. The summed E-state index contributed by atoms with van der Waals surface area (Å²) in [5.74, 6) is 0.603. The molecule has 0 bridgehead atoms. The van der Waals surface area contributed by atoms with Crippen molar-refractivity contribution in [3.63, 3.8) is 0 Å². The predicted molar refractivity (Wildman–Crippen MR) is 83.0 cm³/mol. The van der Waals surface area contributed by atoms with Crippen molar-refractivity contribution < 1.29 is 9.21 Å². The Balaban J connectivity index is 1.90. The molecule has 0 fully saturated rings. The van der Waals surface area contributed by atoms with Gasteiger partial charge in [0, 0.05) is 17.7 Å². The maximum Gasteiger partial charge on any atom is 0.227 e. The van der Waals surface area contributed by atoms with Gasteiger partial charge in [0.2, 0.25) is 11.8 Å². The molecule has 1 amide bonds. The van der Waals surface area contributed by atoms with E-state index in [0.29, 0.717) is 17.9 Å². The second-order valence-electron chi connectivity index (χ2n) is 4.87. The fourth-order valence-corrected chi connectivity index (χ4v) is 2.16. The summed E-state index contributed by atoms with van der Waals surface area (Å²) < 4.78 is 5.74. The van der Waals surface area contributed by atoms with Crippen LogP contribution in [0.15, 0.2) is 52.9 Å². The Labute approximate surface area is 122 Å². The molecule has 21 heavy (non-hydrogen) atoms. The van der Waals surface area contributed by atoms with E-state index in [4.69, 9.17) is 4.42 Å². The van der Waals surface area contributed by atoms with Gasteiger partial charge < -0.3 is 9.73 Å². The summed E-state index contributed by atoms with van der Waals surface area (Å²) >= 11 is 0. The zero-order valence-corrected chi connectivity index (χ0v) is 11.8. The van der Waals surface area contributed by atoms with Crippen LogP contribution in [0.2, 0.25) is 0 Å². The minimum absolute atomic E-state index is 0.0172. The molecule has 4 heteroatoms. The minimum Gasteiger partial charge on any atom is -0.436 e. The third-order valence-corrected chi connectivity index (χ3v) is 3.17. The summed E-state index contributed by atoms with van der Waals surface area (Å²) in [6.45, 7) is 1.98. The van der Waals surface area contributed by atoms with Crippen molar-refractivity contribution in [2.45, 2.75) is 19.8 Å². The number of rotatable bonds is 4. The molecule has 106 valence electrons. The van der Waals surface area contributed by atoms with E-state index in [2.05, 4.69) is 10.3 Å². The van der Waals surface area contributed by atoms with Gasteiger partial charge in [0.1, 0.15) is 5.52 Å². The summed E-state index contributed by atoms with van der Waals surface area (Å²) in [5.41, 5.74) is 3.13. The lowest BCUT2D eigenvalue weighted by Crippen LogP contribution is -2.10. The van der Waals surface area contributed by atoms with Crippen LogP contribution in [0.5, 0.6) is 0 Å². The van der Waals surface area contributed by atoms with E-state index in [1.807, 2.05) is 55.5 Å². The van der Waals surface area contributed by atoms with Crippen molar-refractivity contribution in [2.75, 3.05) is 5.32 Å². The molecule has 1 aromatic heterocycles. The molecular weight excluding hydrogens is 264 g/mol. The zero-order valence-electron chi connectivity index (χ0n) is 11.8. The van der Waals surface area contributed by atoms with Gasteiger partial charge in [-0.1, -0.05) is 25.1 Å². The Morgan fingerprint density at radius 1 is 1.19 bits per heavy atom. The molecular formula is C17H16N2O2. The van der Waals surface area contributed by atoms with Crippen molar-refractivity contribution in [1.82, 2.24) is 4.98 Å². The van der Waals surface area contributed by atoms with Crippen LogP contribution in [-0.4, -0.2) is 10.9 Å². The molecule has 1 N–H and O–H groups in total. The van der Waals surface area contributed by atoms with Gasteiger partial charge >= 0.3 is 0 Å². The van der Waals surface area contributed by atoms with Gasteiger partial charge in [0.15, 0.2) is 5.58 Å². The first-order valence-corrected chi connectivity index (χ1v) is 7.02. The fraction of sp³-hybridized carbons (Fsp3) is 0.176. The quantitative estimate of drug-likeness (QED) is 0.778. The summed E-state index contributed by atoms with van der Waals surface area (Å²) in [6, 6.07) is 15.2. The lowest BCUT2D eigenvalue weighted by Gasteiger charge is -2.02. The van der Waals surface area contributed by atoms with E-state index in [0.717, 1.165) is 23.2 Å². The molecule has 0 atom stereocenters. The highest BCUT2D eigenvalue weighted by molar-refractivity contribution is 5.93. The molecule has 0 saturated heterocycles. The van der Waals surface area contributed by atoms with Crippen molar-refractivity contribution >= 4 is 22.7 Å². The topological polar surface area (TPSA) is 55.1 Å². The number of benzene rings is 2. The van der Waals surface area contributed by atoms with Crippen molar-refractivity contribution in [3.8, 4) is 11.5 Å². The summed E-state index contributed by atoms with van der Waals surface area (Å²) in [4.78, 5) is 16.1. The SMILES string of the molecule is CCCC(=O)Nc1ccc2oc(-c3ccccc3)nc2c1. The van der Waals surface area contributed by atoms with Gasteiger partial charge in [0.25, 0.3) is 0 Å². The Hall–Kier alpha value is -2.62. The smallest absolute Gasteiger partial charge is 0.227 e. The molecule has 3 aromatic rings. The number of nitrogens with zero attached hydrogens (tertiary/aromatic N) is 1. The summed E-state index contributed by atoms with van der Waals surface area (Å²) in [6.07, 6.45) is 1.35. The number of hydrogen-bond acceptors (Lipinski definition) is 3. The number of fused-ring (bicyclic) bond motifs is 1. The third kappa shape index (κ3) is 2.94. The number of carbonyl (C=O) groups excluding carboxylic acids is 1. The first-order chi connectivity index (χ1) is 10.3. The number of oxazole rings is 1. The molecule has 3 rings (SSSR count). The maximum absolute atomic E-state index is 11.6. The molecule has 0 radical (unpaired) electrons. The van der Waals surface area contributed by atoms with Gasteiger partial charge in [-0.25, -0.2) is 4.98 Å². The average molecular weight is 280 g/mol. The number of amides is 1. The zero-order chi connectivity index (χ0) is 14.7. The Morgan fingerprint density at radius 3 is 2.76 bits per heavy atom. The third-order valence-electron chi connectivity index (χ3n) is 3.17. The van der Waals surface area contributed by atoms with Gasteiger partial charge in [-0.3, -0.25) is 4.79 Å². The van der Waals surface area contributed by atoms with E-state index in [9.17, 15) is 4.79 Å². The van der Waals surface area contributed by atoms with E-state index >= 15 is 0 Å². The highest BCUT2D eigenvalue weighted by Gasteiger charge is 2.09. The highest BCUT2D eigenvalue weighted by Crippen LogP contribution is 2.26.